The number of hydrogen-bond donors (Lipinski definition) is 0. The van der Waals surface area contributed by atoms with Crippen LogP contribution in [0.5, 0.6) is 5.75 Å². The second kappa shape index (κ2) is 4.82. The molecule has 1 aromatic carbocycles. The number of aromatic nitrogens is 1. The van der Waals surface area contributed by atoms with E-state index < -0.39 is 0 Å². The molecule has 0 aliphatic heterocycles. The van der Waals surface area contributed by atoms with Gasteiger partial charge in [-0.1, -0.05) is 24.3 Å². The molecule has 0 aliphatic carbocycles. The van der Waals surface area contributed by atoms with E-state index in [-0.39, 0.29) is 5.78 Å². The predicted octanol–water partition coefficient (Wildman–Crippen LogP) is 3.54. The van der Waals surface area contributed by atoms with E-state index in [4.69, 9.17) is 4.74 Å². The number of methoxy groups -OCH3 is 1. The fourth-order valence-corrected chi connectivity index (χ4v) is 2.86. The number of rotatable bonds is 3. The van der Waals surface area contributed by atoms with E-state index in [9.17, 15) is 4.79 Å². The summed E-state index contributed by atoms with van der Waals surface area (Å²) in [4.78, 5) is 17.3. The van der Waals surface area contributed by atoms with Crippen LogP contribution in [0.4, 0.5) is 0 Å². The van der Waals surface area contributed by atoms with Gasteiger partial charge in [-0.15, -0.1) is 11.3 Å². The largest absolute Gasteiger partial charge is 0.495 e. The molecule has 0 unspecified atom stereocenters. The number of ether oxygens (including phenoxy) is 1. The van der Waals surface area contributed by atoms with Gasteiger partial charge in [-0.2, -0.15) is 0 Å². The Balaban J connectivity index is 2.17. The molecule has 4 heteroatoms. The Morgan fingerprint density at radius 2 is 2.05 bits per heavy atom. The number of ketones is 1. The fourth-order valence-electron chi connectivity index (χ4n) is 2.04. The molecule has 2 aromatic heterocycles. The highest BCUT2D eigenvalue weighted by molar-refractivity contribution is 7.12. The lowest BCUT2D eigenvalue weighted by molar-refractivity contribution is 0.104. The predicted molar refractivity (Wildman–Crippen MR) is 76.0 cm³/mol. The van der Waals surface area contributed by atoms with Crippen molar-refractivity contribution in [3.63, 3.8) is 0 Å². The van der Waals surface area contributed by atoms with Crippen LogP contribution in [-0.2, 0) is 0 Å². The van der Waals surface area contributed by atoms with E-state index in [1.54, 1.807) is 25.6 Å². The second-order valence-corrected chi connectivity index (χ2v) is 4.97. The van der Waals surface area contributed by atoms with E-state index in [2.05, 4.69) is 4.98 Å². The first-order valence-electron chi connectivity index (χ1n) is 5.80. The van der Waals surface area contributed by atoms with E-state index in [0.29, 0.717) is 16.2 Å². The van der Waals surface area contributed by atoms with Crippen LogP contribution < -0.4 is 4.74 Å². The number of fused-ring (bicyclic) bond motifs is 1. The molecule has 2 heterocycles. The number of pyridine rings is 1. The first kappa shape index (κ1) is 11.9. The summed E-state index contributed by atoms with van der Waals surface area (Å²) in [7, 11) is 1.57. The molecular weight excluding hydrogens is 258 g/mol. The van der Waals surface area contributed by atoms with Crippen molar-refractivity contribution in [2.24, 2.45) is 0 Å². The summed E-state index contributed by atoms with van der Waals surface area (Å²) in [6.07, 6.45) is 3.38. The van der Waals surface area contributed by atoms with Crippen molar-refractivity contribution in [2.75, 3.05) is 7.11 Å². The van der Waals surface area contributed by atoms with Crippen LogP contribution in [0.1, 0.15) is 15.2 Å². The molecule has 0 atom stereocenters. The summed E-state index contributed by atoms with van der Waals surface area (Å²) >= 11 is 1.38. The lowest BCUT2D eigenvalue weighted by Crippen LogP contribution is -2.02. The summed E-state index contributed by atoms with van der Waals surface area (Å²) in [5.74, 6) is 0.569. The number of carbonyl (C=O) groups excluding carboxylic acids is 1. The average molecular weight is 269 g/mol. The molecule has 0 radical (unpaired) electrons. The zero-order valence-corrected chi connectivity index (χ0v) is 11.1. The maximum Gasteiger partial charge on any atom is 0.208 e. The molecule has 3 rings (SSSR count). The molecule has 0 N–H and O–H groups in total. The van der Waals surface area contributed by atoms with Gasteiger partial charge in [0.2, 0.25) is 5.78 Å². The Hall–Kier alpha value is -2.20. The Kier molecular flexibility index (Phi) is 3.01. The summed E-state index contributed by atoms with van der Waals surface area (Å²) < 4.78 is 5.21. The number of benzene rings is 1. The number of hydrogen-bond acceptors (Lipinski definition) is 4. The standard InChI is InChI=1S/C15H11NO2S/c1-18-13-6-7-19-15(13)14(17)12-9-16-8-10-4-2-3-5-11(10)12/h2-9H,1H3. The molecule has 0 saturated carbocycles. The number of nitrogens with zero attached hydrogens (tertiary/aromatic N) is 1. The van der Waals surface area contributed by atoms with E-state index in [0.717, 1.165) is 10.8 Å². The molecule has 3 nitrogen and oxygen atoms in total. The van der Waals surface area contributed by atoms with E-state index >= 15 is 0 Å². The van der Waals surface area contributed by atoms with Gasteiger partial charge in [0.15, 0.2) is 0 Å². The first-order valence-corrected chi connectivity index (χ1v) is 6.68. The fraction of sp³-hybridized carbons (Fsp3) is 0.0667. The van der Waals surface area contributed by atoms with Gasteiger partial charge in [-0.3, -0.25) is 9.78 Å². The summed E-state index contributed by atoms with van der Waals surface area (Å²) in [6.45, 7) is 0. The lowest BCUT2D eigenvalue weighted by atomic mass is 10.0. The van der Waals surface area contributed by atoms with Crippen molar-refractivity contribution in [1.82, 2.24) is 4.98 Å². The van der Waals surface area contributed by atoms with Gasteiger partial charge < -0.3 is 4.74 Å². The molecule has 0 fully saturated rings. The van der Waals surface area contributed by atoms with Crippen molar-refractivity contribution >= 4 is 27.9 Å². The molecule has 0 amide bonds. The molecule has 3 aromatic rings. The molecule has 0 saturated heterocycles. The minimum absolute atomic E-state index is 0.0452. The molecule has 19 heavy (non-hydrogen) atoms. The lowest BCUT2D eigenvalue weighted by Gasteiger charge is -2.05. The minimum atomic E-state index is -0.0452. The van der Waals surface area contributed by atoms with Crippen LogP contribution in [-0.4, -0.2) is 17.9 Å². The summed E-state index contributed by atoms with van der Waals surface area (Å²) in [5, 5.41) is 3.73. The van der Waals surface area contributed by atoms with Crippen LogP contribution >= 0.6 is 11.3 Å². The molecule has 0 bridgehead atoms. The summed E-state index contributed by atoms with van der Waals surface area (Å²) in [5.41, 5.74) is 0.610. The molecule has 0 spiro atoms. The van der Waals surface area contributed by atoms with Crippen molar-refractivity contribution in [3.8, 4) is 5.75 Å². The van der Waals surface area contributed by atoms with E-state index in [1.165, 1.54) is 11.3 Å². The van der Waals surface area contributed by atoms with Gasteiger partial charge in [0, 0.05) is 23.3 Å². The first-order chi connectivity index (χ1) is 9.31. The van der Waals surface area contributed by atoms with Gasteiger partial charge >= 0.3 is 0 Å². The van der Waals surface area contributed by atoms with Crippen molar-refractivity contribution in [2.45, 2.75) is 0 Å². The average Bonchev–Trinajstić information content (AvgIpc) is 2.94. The Morgan fingerprint density at radius 3 is 2.89 bits per heavy atom. The highest BCUT2D eigenvalue weighted by Gasteiger charge is 2.18. The Bertz CT molecular complexity index is 743. The monoisotopic (exact) mass is 269 g/mol. The van der Waals surface area contributed by atoms with Crippen LogP contribution in [0.2, 0.25) is 0 Å². The summed E-state index contributed by atoms with van der Waals surface area (Å²) in [6, 6.07) is 9.54. The third-order valence-corrected chi connectivity index (χ3v) is 3.86. The highest BCUT2D eigenvalue weighted by atomic mass is 32.1. The zero-order valence-electron chi connectivity index (χ0n) is 10.3. The van der Waals surface area contributed by atoms with Crippen molar-refractivity contribution in [1.29, 1.82) is 0 Å². The highest BCUT2D eigenvalue weighted by Crippen LogP contribution is 2.29. The van der Waals surface area contributed by atoms with Crippen molar-refractivity contribution in [3.05, 3.63) is 58.5 Å². The third kappa shape index (κ3) is 2.00. The van der Waals surface area contributed by atoms with Gasteiger partial charge in [0.25, 0.3) is 0 Å². The van der Waals surface area contributed by atoms with Crippen LogP contribution in [0.15, 0.2) is 48.1 Å². The van der Waals surface area contributed by atoms with E-state index in [1.807, 2.05) is 29.6 Å². The Morgan fingerprint density at radius 1 is 1.21 bits per heavy atom. The van der Waals surface area contributed by atoms with Crippen LogP contribution in [0.25, 0.3) is 10.8 Å². The zero-order chi connectivity index (χ0) is 13.2. The SMILES string of the molecule is COc1ccsc1C(=O)c1cncc2ccccc12. The van der Waals surface area contributed by atoms with Gasteiger partial charge in [-0.05, 0) is 16.8 Å². The molecular formula is C15H11NO2S. The van der Waals surface area contributed by atoms with Gasteiger partial charge in [-0.25, -0.2) is 0 Å². The number of thiophene rings is 1. The molecule has 94 valence electrons. The molecule has 0 aliphatic rings. The quantitative estimate of drug-likeness (QED) is 0.683. The third-order valence-electron chi connectivity index (χ3n) is 2.97. The maximum atomic E-state index is 12.6. The minimum Gasteiger partial charge on any atom is -0.495 e. The topological polar surface area (TPSA) is 39.2 Å². The second-order valence-electron chi connectivity index (χ2n) is 4.06. The Labute approximate surface area is 114 Å². The van der Waals surface area contributed by atoms with Gasteiger partial charge in [0.05, 0.1) is 7.11 Å². The normalized spacial score (nSPS) is 10.6. The van der Waals surface area contributed by atoms with Crippen molar-refractivity contribution < 1.29 is 9.53 Å². The van der Waals surface area contributed by atoms with Gasteiger partial charge in [0.1, 0.15) is 10.6 Å². The van der Waals surface area contributed by atoms with Crippen LogP contribution in [0, 0.1) is 0 Å². The van der Waals surface area contributed by atoms with Crippen LogP contribution in [0.3, 0.4) is 0 Å². The smallest absolute Gasteiger partial charge is 0.208 e. The maximum absolute atomic E-state index is 12.6. The number of carbonyl (C=O) groups is 1.